The predicted octanol–water partition coefficient (Wildman–Crippen LogP) is 15.0. The summed E-state index contributed by atoms with van der Waals surface area (Å²) in [6, 6.07) is 64.6. The minimum Gasteiger partial charge on any atom is -0.456 e. The number of para-hydroxylation sites is 1. The molecular formula is C54H41NO. The van der Waals surface area contributed by atoms with Gasteiger partial charge in [0.25, 0.3) is 0 Å². The molecule has 0 aliphatic heterocycles. The molecule has 0 radical (unpaired) electrons. The van der Waals surface area contributed by atoms with E-state index < -0.39 is 0 Å². The van der Waals surface area contributed by atoms with Crippen LogP contribution in [0.15, 0.2) is 180 Å². The molecule has 0 atom stereocenters. The molecule has 9 aromatic rings. The number of rotatable bonds is 5. The number of nitrogens with zero attached hydrogens (tertiary/aromatic N) is 1. The van der Waals surface area contributed by atoms with E-state index in [-0.39, 0.29) is 10.8 Å². The van der Waals surface area contributed by atoms with Gasteiger partial charge in [-0.3, -0.25) is 0 Å². The molecule has 2 nitrogen and oxygen atoms in total. The fraction of sp³-hybridized carbons (Fsp3) is 0.111. The van der Waals surface area contributed by atoms with E-state index in [1.807, 2.05) is 6.07 Å². The van der Waals surface area contributed by atoms with Crippen LogP contribution in [-0.4, -0.2) is 0 Å². The number of anilines is 3. The normalized spacial score (nSPS) is 14.4. The summed E-state index contributed by atoms with van der Waals surface area (Å²) in [5.74, 6) is 0. The first-order valence-corrected chi connectivity index (χ1v) is 19.7. The van der Waals surface area contributed by atoms with Crippen molar-refractivity contribution >= 4 is 39.0 Å². The van der Waals surface area contributed by atoms with Gasteiger partial charge < -0.3 is 9.32 Å². The molecule has 0 saturated carbocycles. The third-order valence-corrected chi connectivity index (χ3v) is 12.7. The Morgan fingerprint density at radius 1 is 0.375 bits per heavy atom. The fourth-order valence-electron chi connectivity index (χ4n) is 9.82. The van der Waals surface area contributed by atoms with Crippen LogP contribution >= 0.6 is 0 Å². The Labute approximate surface area is 328 Å². The molecular weight excluding hydrogens is 679 g/mol. The van der Waals surface area contributed by atoms with Crippen molar-refractivity contribution in [2.24, 2.45) is 0 Å². The van der Waals surface area contributed by atoms with Crippen molar-refractivity contribution in [3.63, 3.8) is 0 Å². The van der Waals surface area contributed by atoms with Crippen LogP contribution in [0.25, 0.3) is 66.4 Å². The van der Waals surface area contributed by atoms with E-state index in [4.69, 9.17) is 4.42 Å². The minimum absolute atomic E-state index is 0.0292. The smallest absolute Gasteiger partial charge is 0.137 e. The van der Waals surface area contributed by atoms with Crippen molar-refractivity contribution in [2.75, 3.05) is 4.90 Å². The Morgan fingerprint density at radius 3 is 1.43 bits per heavy atom. The van der Waals surface area contributed by atoms with Crippen molar-refractivity contribution in [3.05, 3.63) is 198 Å². The molecule has 2 heteroatoms. The van der Waals surface area contributed by atoms with Gasteiger partial charge >= 0.3 is 0 Å². The Balaban J connectivity index is 1.08. The molecule has 56 heavy (non-hydrogen) atoms. The molecule has 1 heterocycles. The van der Waals surface area contributed by atoms with E-state index in [1.54, 1.807) is 0 Å². The minimum atomic E-state index is -0.0292. The Bertz CT molecular complexity index is 2900. The highest BCUT2D eigenvalue weighted by molar-refractivity contribution is 6.13. The zero-order valence-corrected chi connectivity index (χ0v) is 32.1. The summed E-state index contributed by atoms with van der Waals surface area (Å²) in [6.45, 7) is 9.36. The van der Waals surface area contributed by atoms with Gasteiger partial charge in [-0.05, 0) is 121 Å². The topological polar surface area (TPSA) is 16.4 Å². The Hall–Kier alpha value is -6.64. The van der Waals surface area contributed by atoms with Gasteiger partial charge in [-0.15, -0.1) is 0 Å². The monoisotopic (exact) mass is 719 g/mol. The molecule has 268 valence electrons. The lowest BCUT2D eigenvalue weighted by Gasteiger charge is -2.27. The number of furan rings is 1. The van der Waals surface area contributed by atoms with Gasteiger partial charge in [-0.1, -0.05) is 149 Å². The number of hydrogen-bond donors (Lipinski definition) is 0. The molecule has 2 aliphatic rings. The molecule has 0 amide bonds. The maximum atomic E-state index is 6.45. The standard InChI is InChI=1S/C54H41NO/c1-53(2)45-21-8-5-18-40(45)43-32-36(26-28-47(43)53)34-14-11-16-38(30-34)55(49-23-13-25-51-52(49)42-20-7-10-24-50(42)56-51)39-17-12-15-35(31-39)37-27-29-48-44(33-37)41-19-6-9-22-46(41)54(48,3)4/h5-33H,1-4H3. The quantitative estimate of drug-likeness (QED) is 0.176. The summed E-state index contributed by atoms with van der Waals surface area (Å²) in [5.41, 5.74) is 20.6. The fourth-order valence-corrected chi connectivity index (χ4v) is 9.82. The van der Waals surface area contributed by atoms with Gasteiger partial charge in [0, 0.05) is 27.6 Å². The van der Waals surface area contributed by atoms with Crippen molar-refractivity contribution in [1.82, 2.24) is 0 Å². The van der Waals surface area contributed by atoms with Crippen LogP contribution in [-0.2, 0) is 10.8 Å². The molecule has 0 spiro atoms. The average molecular weight is 720 g/mol. The number of fused-ring (bicyclic) bond motifs is 9. The number of benzene rings is 8. The molecule has 8 aromatic carbocycles. The van der Waals surface area contributed by atoms with Gasteiger partial charge in [0.15, 0.2) is 0 Å². The van der Waals surface area contributed by atoms with E-state index >= 15 is 0 Å². The van der Waals surface area contributed by atoms with Crippen LogP contribution in [0.1, 0.15) is 49.9 Å². The predicted molar refractivity (Wildman–Crippen MR) is 234 cm³/mol. The first-order chi connectivity index (χ1) is 27.3. The number of hydrogen-bond acceptors (Lipinski definition) is 2. The molecule has 1 aromatic heterocycles. The van der Waals surface area contributed by atoms with Crippen molar-refractivity contribution in [2.45, 2.75) is 38.5 Å². The van der Waals surface area contributed by atoms with E-state index in [0.29, 0.717) is 0 Å². The van der Waals surface area contributed by atoms with Gasteiger partial charge in [0.2, 0.25) is 0 Å². The molecule has 0 unspecified atom stereocenters. The SMILES string of the molecule is CC1(C)c2ccccc2-c2cc(-c3cccc(N(c4cccc(-c5ccc6c(c5)-c5ccccc5C6(C)C)c4)c4cccc5oc6ccccc6c45)c3)ccc21. The summed E-state index contributed by atoms with van der Waals surface area (Å²) in [7, 11) is 0. The van der Waals surface area contributed by atoms with E-state index in [2.05, 4.69) is 202 Å². The molecule has 2 aliphatic carbocycles. The van der Waals surface area contributed by atoms with Gasteiger partial charge in [0.1, 0.15) is 11.2 Å². The largest absolute Gasteiger partial charge is 0.456 e. The summed E-state index contributed by atoms with van der Waals surface area (Å²) in [4.78, 5) is 2.41. The lowest BCUT2D eigenvalue weighted by Crippen LogP contribution is -2.14. The highest BCUT2D eigenvalue weighted by Gasteiger charge is 2.36. The summed E-state index contributed by atoms with van der Waals surface area (Å²) in [6.07, 6.45) is 0. The lowest BCUT2D eigenvalue weighted by atomic mass is 9.82. The van der Waals surface area contributed by atoms with E-state index in [1.165, 1.54) is 66.8 Å². The summed E-state index contributed by atoms with van der Waals surface area (Å²) in [5, 5.41) is 2.21. The summed E-state index contributed by atoms with van der Waals surface area (Å²) >= 11 is 0. The van der Waals surface area contributed by atoms with Crippen molar-refractivity contribution < 1.29 is 4.42 Å². The first kappa shape index (κ1) is 32.8. The van der Waals surface area contributed by atoms with Gasteiger partial charge in [-0.2, -0.15) is 0 Å². The van der Waals surface area contributed by atoms with Crippen LogP contribution in [0.2, 0.25) is 0 Å². The van der Waals surface area contributed by atoms with Crippen molar-refractivity contribution in [3.8, 4) is 44.5 Å². The van der Waals surface area contributed by atoms with E-state index in [0.717, 1.165) is 39.0 Å². The first-order valence-electron chi connectivity index (χ1n) is 19.7. The van der Waals surface area contributed by atoms with Crippen molar-refractivity contribution in [1.29, 1.82) is 0 Å². The Kier molecular flexibility index (Phi) is 6.98. The maximum absolute atomic E-state index is 6.45. The van der Waals surface area contributed by atoms with Gasteiger partial charge in [-0.25, -0.2) is 0 Å². The Morgan fingerprint density at radius 2 is 0.839 bits per heavy atom. The molecule has 0 saturated heterocycles. The molecule has 0 N–H and O–H groups in total. The highest BCUT2D eigenvalue weighted by atomic mass is 16.3. The van der Waals surface area contributed by atoms with Crippen LogP contribution in [0.5, 0.6) is 0 Å². The molecule has 11 rings (SSSR count). The molecule has 0 bridgehead atoms. The van der Waals surface area contributed by atoms with E-state index in [9.17, 15) is 0 Å². The highest BCUT2D eigenvalue weighted by Crippen LogP contribution is 2.52. The van der Waals surface area contributed by atoms with Crippen LogP contribution in [0.4, 0.5) is 17.1 Å². The third-order valence-electron chi connectivity index (χ3n) is 12.7. The maximum Gasteiger partial charge on any atom is 0.137 e. The lowest BCUT2D eigenvalue weighted by molar-refractivity contribution is 0.660. The average Bonchev–Trinajstić information content (AvgIpc) is 3.81. The second kappa shape index (κ2) is 11.9. The van der Waals surface area contributed by atoms with Crippen LogP contribution in [0.3, 0.4) is 0 Å². The summed E-state index contributed by atoms with van der Waals surface area (Å²) < 4.78 is 6.45. The zero-order chi connectivity index (χ0) is 37.8. The second-order valence-corrected chi connectivity index (χ2v) is 16.5. The molecule has 0 fully saturated rings. The third kappa shape index (κ3) is 4.75. The van der Waals surface area contributed by atoms with Gasteiger partial charge in [0.05, 0.1) is 11.1 Å². The van der Waals surface area contributed by atoms with Crippen LogP contribution in [0, 0.1) is 0 Å². The second-order valence-electron chi connectivity index (χ2n) is 16.5. The zero-order valence-electron chi connectivity index (χ0n) is 32.1. The van der Waals surface area contributed by atoms with Crippen LogP contribution < -0.4 is 4.90 Å².